The molecule has 0 fully saturated rings. The van der Waals surface area contributed by atoms with E-state index in [-0.39, 0.29) is 12.1 Å². The summed E-state index contributed by atoms with van der Waals surface area (Å²) in [6, 6.07) is 14.2. The van der Waals surface area contributed by atoms with Crippen molar-refractivity contribution in [3.8, 4) is 11.5 Å². The van der Waals surface area contributed by atoms with E-state index in [4.69, 9.17) is 9.47 Å². The predicted octanol–water partition coefficient (Wildman–Crippen LogP) is 2.99. The van der Waals surface area contributed by atoms with Crippen LogP contribution in [0.1, 0.15) is 29.2 Å². The van der Waals surface area contributed by atoms with Crippen LogP contribution in [0.15, 0.2) is 42.5 Å². The number of fused-ring (bicyclic) bond motifs is 2. The molecule has 1 atom stereocenters. The number of amides is 2. The highest BCUT2D eigenvalue weighted by Gasteiger charge is 2.23. The number of hydrogen-bond acceptors (Lipinski definition) is 3. The molecule has 1 heterocycles. The lowest BCUT2D eigenvalue weighted by Crippen LogP contribution is -2.38. The van der Waals surface area contributed by atoms with Gasteiger partial charge in [-0.2, -0.15) is 0 Å². The maximum Gasteiger partial charge on any atom is 0.315 e. The summed E-state index contributed by atoms with van der Waals surface area (Å²) in [5.74, 6) is 1.58. The van der Waals surface area contributed by atoms with E-state index in [2.05, 4.69) is 28.8 Å². The Balaban J connectivity index is 1.27. The van der Waals surface area contributed by atoms with E-state index < -0.39 is 0 Å². The Kier molecular flexibility index (Phi) is 4.46. The minimum absolute atomic E-state index is 0.112. The summed E-state index contributed by atoms with van der Waals surface area (Å²) in [4.78, 5) is 12.2. The smallest absolute Gasteiger partial charge is 0.315 e. The first-order valence-corrected chi connectivity index (χ1v) is 8.80. The van der Waals surface area contributed by atoms with Crippen molar-refractivity contribution < 1.29 is 14.3 Å². The molecule has 5 heteroatoms. The molecule has 2 aromatic rings. The van der Waals surface area contributed by atoms with Gasteiger partial charge in [-0.1, -0.05) is 30.3 Å². The zero-order valence-electron chi connectivity index (χ0n) is 14.1. The summed E-state index contributed by atoms with van der Waals surface area (Å²) in [5.41, 5.74) is 3.70. The second-order valence-corrected chi connectivity index (χ2v) is 6.42. The number of hydrogen-bond donors (Lipinski definition) is 2. The Hall–Kier alpha value is -2.69. The fraction of sp³-hybridized carbons (Fsp3) is 0.350. The fourth-order valence-electron chi connectivity index (χ4n) is 3.48. The van der Waals surface area contributed by atoms with Crippen molar-refractivity contribution >= 4 is 6.03 Å². The zero-order valence-corrected chi connectivity index (χ0v) is 14.1. The van der Waals surface area contributed by atoms with Gasteiger partial charge in [-0.15, -0.1) is 0 Å². The summed E-state index contributed by atoms with van der Waals surface area (Å²) in [6.45, 7) is 1.76. The summed E-state index contributed by atoms with van der Waals surface area (Å²) >= 11 is 0. The third kappa shape index (κ3) is 3.55. The van der Waals surface area contributed by atoms with Crippen LogP contribution in [-0.4, -0.2) is 25.8 Å². The van der Waals surface area contributed by atoms with Crippen LogP contribution in [0.4, 0.5) is 4.79 Å². The highest BCUT2D eigenvalue weighted by atomic mass is 16.6. The monoisotopic (exact) mass is 338 g/mol. The lowest BCUT2D eigenvalue weighted by molar-refractivity contribution is 0.171. The normalized spacial score (nSPS) is 17.7. The lowest BCUT2D eigenvalue weighted by atomic mass is 10.1. The van der Waals surface area contributed by atoms with E-state index in [0.29, 0.717) is 19.8 Å². The topological polar surface area (TPSA) is 59.6 Å². The van der Waals surface area contributed by atoms with Crippen molar-refractivity contribution in [3.05, 3.63) is 59.2 Å². The quantitative estimate of drug-likeness (QED) is 0.901. The van der Waals surface area contributed by atoms with E-state index in [9.17, 15) is 4.79 Å². The molecule has 2 N–H and O–H groups in total. The first-order valence-electron chi connectivity index (χ1n) is 8.80. The number of benzene rings is 2. The molecule has 0 saturated carbocycles. The Morgan fingerprint density at radius 1 is 1.08 bits per heavy atom. The van der Waals surface area contributed by atoms with Crippen molar-refractivity contribution in [1.82, 2.24) is 10.6 Å². The van der Waals surface area contributed by atoms with Gasteiger partial charge in [-0.3, -0.25) is 0 Å². The van der Waals surface area contributed by atoms with E-state index >= 15 is 0 Å². The van der Waals surface area contributed by atoms with Gasteiger partial charge in [-0.05, 0) is 48.1 Å². The number of carbonyl (C=O) groups excluding carboxylic acids is 1. The maximum atomic E-state index is 12.2. The lowest BCUT2D eigenvalue weighted by Gasteiger charge is -2.19. The maximum absolute atomic E-state index is 12.2. The minimum atomic E-state index is -0.112. The van der Waals surface area contributed by atoms with Gasteiger partial charge in [0.2, 0.25) is 0 Å². The van der Waals surface area contributed by atoms with Gasteiger partial charge >= 0.3 is 6.03 Å². The Labute approximate surface area is 147 Å². The Bertz CT molecular complexity index is 775. The van der Waals surface area contributed by atoms with E-state index in [1.54, 1.807) is 0 Å². The Morgan fingerprint density at radius 2 is 1.92 bits per heavy atom. The number of carbonyl (C=O) groups is 1. The van der Waals surface area contributed by atoms with Gasteiger partial charge in [-0.25, -0.2) is 4.79 Å². The van der Waals surface area contributed by atoms with Crippen LogP contribution >= 0.6 is 0 Å². The molecule has 0 bridgehead atoms. The summed E-state index contributed by atoms with van der Waals surface area (Å²) in [6.07, 6.45) is 2.75. The third-order valence-electron chi connectivity index (χ3n) is 4.74. The molecular formula is C20H22N2O3. The third-order valence-corrected chi connectivity index (χ3v) is 4.74. The van der Waals surface area contributed by atoms with E-state index in [0.717, 1.165) is 36.3 Å². The first-order chi connectivity index (χ1) is 12.3. The van der Waals surface area contributed by atoms with Crippen LogP contribution in [0.5, 0.6) is 11.5 Å². The van der Waals surface area contributed by atoms with Crippen LogP contribution in [0.2, 0.25) is 0 Å². The minimum Gasteiger partial charge on any atom is -0.486 e. The molecule has 1 aliphatic carbocycles. The van der Waals surface area contributed by atoms with Gasteiger partial charge in [0.15, 0.2) is 11.5 Å². The predicted molar refractivity (Wildman–Crippen MR) is 95.2 cm³/mol. The summed E-state index contributed by atoms with van der Waals surface area (Å²) in [5, 5.41) is 6.02. The molecule has 130 valence electrons. The number of urea groups is 1. The SMILES string of the molecule is O=C(NCCc1ccc2c(c1)OCCO2)N[C@H]1CCc2ccccc21. The molecule has 25 heavy (non-hydrogen) atoms. The van der Waals surface area contributed by atoms with Crippen LogP contribution in [0, 0.1) is 0 Å². The largest absolute Gasteiger partial charge is 0.486 e. The summed E-state index contributed by atoms with van der Waals surface area (Å²) < 4.78 is 11.1. The van der Waals surface area contributed by atoms with E-state index in [1.165, 1.54) is 11.1 Å². The highest BCUT2D eigenvalue weighted by Crippen LogP contribution is 2.31. The fourth-order valence-corrected chi connectivity index (χ4v) is 3.48. The van der Waals surface area contributed by atoms with Gasteiger partial charge in [0.05, 0.1) is 6.04 Å². The average molecular weight is 338 g/mol. The highest BCUT2D eigenvalue weighted by molar-refractivity contribution is 5.74. The summed E-state index contributed by atoms with van der Waals surface area (Å²) in [7, 11) is 0. The number of aryl methyl sites for hydroxylation is 1. The van der Waals surface area contributed by atoms with Gasteiger partial charge in [0.25, 0.3) is 0 Å². The van der Waals surface area contributed by atoms with Crippen LogP contribution in [0.25, 0.3) is 0 Å². The number of ether oxygens (including phenoxy) is 2. The van der Waals surface area contributed by atoms with Crippen molar-refractivity contribution in [2.45, 2.75) is 25.3 Å². The van der Waals surface area contributed by atoms with Gasteiger partial charge in [0.1, 0.15) is 13.2 Å². The molecule has 0 aromatic heterocycles. The molecule has 0 unspecified atom stereocenters. The molecule has 0 radical (unpaired) electrons. The molecule has 5 nitrogen and oxygen atoms in total. The average Bonchev–Trinajstić information content (AvgIpc) is 3.05. The van der Waals surface area contributed by atoms with Crippen LogP contribution < -0.4 is 20.1 Å². The van der Waals surface area contributed by atoms with Gasteiger partial charge in [0, 0.05) is 6.54 Å². The van der Waals surface area contributed by atoms with Crippen LogP contribution in [0.3, 0.4) is 0 Å². The van der Waals surface area contributed by atoms with E-state index in [1.807, 2.05) is 24.3 Å². The number of nitrogens with one attached hydrogen (secondary N) is 2. The van der Waals surface area contributed by atoms with Crippen molar-refractivity contribution in [3.63, 3.8) is 0 Å². The standard InChI is InChI=1S/C20H22N2O3/c23-20(22-17-7-6-15-3-1-2-4-16(15)17)21-10-9-14-5-8-18-19(13-14)25-12-11-24-18/h1-5,8,13,17H,6-7,9-12H2,(H2,21,22,23)/t17-/m0/s1. The second-order valence-electron chi connectivity index (χ2n) is 6.42. The molecule has 2 amide bonds. The molecule has 4 rings (SSSR count). The zero-order chi connectivity index (χ0) is 17.1. The van der Waals surface area contributed by atoms with Gasteiger partial charge < -0.3 is 20.1 Å². The molecular weight excluding hydrogens is 316 g/mol. The van der Waals surface area contributed by atoms with Crippen molar-refractivity contribution in [2.75, 3.05) is 19.8 Å². The Morgan fingerprint density at radius 3 is 2.84 bits per heavy atom. The molecule has 2 aromatic carbocycles. The number of rotatable bonds is 4. The molecule has 2 aliphatic rings. The molecule has 1 aliphatic heterocycles. The van der Waals surface area contributed by atoms with Crippen molar-refractivity contribution in [2.24, 2.45) is 0 Å². The second kappa shape index (κ2) is 7.05. The molecule has 0 spiro atoms. The van der Waals surface area contributed by atoms with Crippen molar-refractivity contribution in [1.29, 1.82) is 0 Å². The van der Waals surface area contributed by atoms with Crippen LogP contribution in [-0.2, 0) is 12.8 Å². The molecule has 0 saturated heterocycles. The first kappa shape index (κ1) is 15.8.